The van der Waals surface area contributed by atoms with Crippen LogP contribution in [0.3, 0.4) is 0 Å². The highest BCUT2D eigenvalue weighted by Crippen LogP contribution is 2.18. The van der Waals surface area contributed by atoms with Gasteiger partial charge in [0.05, 0.1) is 0 Å². The highest BCUT2D eigenvalue weighted by Gasteiger charge is 2.19. The van der Waals surface area contributed by atoms with E-state index in [1.807, 2.05) is 0 Å². The first-order chi connectivity index (χ1) is 41.0. The first-order valence-electron chi connectivity index (χ1n) is 35.7. The van der Waals surface area contributed by atoms with Crippen LogP contribution in [0.4, 0.5) is 0 Å². The van der Waals surface area contributed by atoms with Crippen LogP contribution in [-0.4, -0.2) is 37.2 Å². The zero-order valence-electron chi connectivity index (χ0n) is 54.9. The smallest absolute Gasteiger partial charge is 0.306 e. The van der Waals surface area contributed by atoms with E-state index in [0.29, 0.717) is 19.3 Å². The summed E-state index contributed by atoms with van der Waals surface area (Å²) in [6.45, 7) is 6.53. The molecule has 0 aromatic carbocycles. The molecule has 0 heterocycles. The molecule has 0 saturated heterocycles. The third-order valence-electron chi connectivity index (χ3n) is 15.6. The number of ether oxygens (including phenoxy) is 3. The van der Waals surface area contributed by atoms with Crippen molar-refractivity contribution in [2.75, 3.05) is 13.2 Å². The van der Waals surface area contributed by atoms with E-state index < -0.39 is 6.10 Å². The van der Waals surface area contributed by atoms with Crippen LogP contribution in [-0.2, 0) is 28.6 Å². The lowest BCUT2D eigenvalue weighted by molar-refractivity contribution is -0.167. The van der Waals surface area contributed by atoms with Crippen molar-refractivity contribution in [2.24, 2.45) is 0 Å². The molecule has 1 atom stereocenters. The topological polar surface area (TPSA) is 78.9 Å². The Morgan fingerprint density at radius 3 is 0.759 bits per heavy atom. The minimum absolute atomic E-state index is 0.0734. The first kappa shape index (κ1) is 79.3. The molecule has 0 aliphatic rings. The van der Waals surface area contributed by atoms with E-state index in [0.717, 1.165) is 103 Å². The van der Waals surface area contributed by atoms with Gasteiger partial charge in [0.2, 0.25) is 0 Å². The Morgan fingerprint density at radius 2 is 0.470 bits per heavy atom. The SMILES string of the molecule is CC/C=C\C/C=C\C/C=C\C/C=C\C/C=C\C/C=C\CCCCCCCCCCCCCCCCCCC(=O)OCC(COC(=O)CCCCCCCCCCCCC)OC(=O)CCCCCCCCCCC/C=C\C/C=C\CCCCC. The molecule has 6 nitrogen and oxygen atoms in total. The molecule has 83 heavy (non-hydrogen) atoms. The van der Waals surface area contributed by atoms with Gasteiger partial charge in [0, 0.05) is 19.3 Å². The number of carbonyl (C=O) groups excluding carboxylic acids is 3. The van der Waals surface area contributed by atoms with Gasteiger partial charge in [0.1, 0.15) is 13.2 Å². The second kappa shape index (κ2) is 70.8. The summed E-state index contributed by atoms with van der Waals surface area (Å²) in [5, 5.41) is 0. The summed E-state index contributed by atoms with van der Waals surface area (Å²) in [4.78, 5) is 38.4. The molecule has 0 fully saturated rings. The van der Waals surface area contributed by atoms with E-state index in [-0.39, 0.29) is 31.1 Å². The van der Waals surface area contributed by atoms with E-state index in [4.69, 9.17) is 14.2 Å². The Labute approximate surface area is 515 Å². The fraction of sp³-hybridized carbons (Fsp3) is 0.753. The Kier molecular flexibility index (Phi) is 67.7. The van der Waals surface area contributed by atoms with Crippen LogP contribution in [0.25, 0.3) is 0 Å². The van der Waals surface area contributed by atoms with Gasteiger partial charge in [-0.1, -0.05) is 330 Å². The molecule has 478 valence electrons. The molecule has 0 aromatic rings. The minimum atomic E-state index is -0.777. The van der Waals surface area contributed by atoms with Crippen molar-refractivity contribution >= 4 is 17.9 Å². The lowest BCUT2D eigenvalue weighted by Crippen LogP contribution is -2.30. The largest absolute Gasteiger partial charge is 0.462 e. The average molecular weight is 1160 g/mol. The monoisotopic (exact) mass is 1160 g/mol. The Bertz CT molecular complexity index is 1610. The lowest BCUT2D eigenvalue weighted by Gasteiger charge is -2.18. The quantitative estimate of drug-likeness (QED) is 0.0261. The van der Waals surface area contributed by atoms with Crippen molar-refractivity contribution in [1.29, 1.82) is 0 Å². The van der Waals surface area contributed by atoms with Crippen molar-refractivity contribution in [3.05, 3.63) is 97.2 Å². The number of unbranched alkanes of at least 4 members (excludes halogenated alkanes) is 38. The predicted octanol–water partition coefficient (Wildman–Crippen LogP) is 24.8. The fourth-order valence-electron chi connectivity index (χ4n) is 10.2. The number of hydrogen-bond acceptors (Lipinski definition) is 6. The third kappa shape index (κ3) is 69.0. The van der Waals surface area contributed by atoms with Gasteiger partial charge in [-0.2, -0.15) is 0 Å². The van der Waals surface area contributed by atoms with Gasteiger partial charge < -0.3 is 14.2 Å². The van der Waals surface area contributed by atoms with Gasteiger partial charge in [-0.3, -0.25) is 14.4 Å². The maximum atomic E-state index is 12.9. The van der Waals surface area contributed by atoms with E-state index >= 15 is 0 Å². The van der Waals surface area contributed by atoms with Crippen LogP contribution in [0.1, 0.15) is 355 Å². The van der Waals surface area contributed by atoms with Gasteiger partial charge in [-0.25, -0.2) is 0 Å². The summed E-state index contributed by atoms with van der Waals surface area (Å²) in [5.41, 5.74) is 0. The fourth-order valence-corrected chi connectivity index (χ4v) is 10.2. The normalized spacial score (nSPS) is 12.7. The van der Waals surface area contributed by atoms with Gasteiger partial charge in [0.25, 0.3) is 0 Å². The molecule has 1 unspecified atom stereocenters. The zero-order chi connectivity index (χ0) is 59.9. The molecule has 0 radical (unpaired) electrons. The molecule has 0 aliphatic carbocycles. The first-order valence-corrected chi connectivity index (χ1v) is 35.7. The van der Waals surface area contributed by atoms with E-state index in [1.54, 1.807) is 0 Å². The summed E-state index contributed by atoms with van der Waals surface area (Å²) in [7, 11) is 0. The molecule has 0 amide bonds. The molecule has 0 spiro atoms. The minimum Gasteiger partial charge on any atom is -0.462 e. The summed E-state index contributed by atoms with van der Waals surface area (Å²) < 4.78 is 17.0. The van der Waals surface area contributed by atoms with Gasteiger partial charge in [0.15, 0.2) is 6.10 Å². The number of carbonyl (C=O) groups is 3. The number of allylic oxidation sites excluding steroid dienone is 16. The predicted molar refractivity (Wildman–Crippen MR) is 362 cm³/mol. The second-order valence-corrected chi connectivity index (χ2v) is 23.8. The molecular formula is C77H134O6. The maximum Gasteiger partial charge on any atom is 0.306 e. The van der Waals surface area contributed by atoms with Crippen molar-refractivity contribution in [2.45, 2.75) is 361 Å². The van der Waals surface area contributed by atoms with Crippen molar-refractivity contribution < 1.29 is 28.6 Å². The van der Waals surface area contributed by atoms with Crippen molar-refractivity contribution in [3.8, 4) is 0 Å². The third-order valence-corrected chi connectivity index (χ3v) is 15.6. The van der Waals surface area contributed by atoms with Gasteiger partial charge >= 0.3 is 17.9 Å². The Balaban J connectivity index is 4.13. The number of rotatable bonds is 65. The zero-order valence-corrected chi connectivity index (χ0v) is 54.9. The van der Waals surface area contributed by atoms with Crippen LogP contribution in [0.5, 0.6) is 0 Å². The van der Waals surface area contributed by atoms with E-state index in [1.165, 1.54) is 212 Å². The van der Waals surface area contributed by atoms with Crippen molar-refractivity contribution in [3.63, 3.8) is 0 Å². The summed E-state index contributed by atoms with van der Waals surface area (Å²) >= 11 is 0. The van der Waals surface area contributed by atoms with E-state index in [9.17, 15) is 14.4 Å². The summed E-state index contributed by atoms with van der Waals surface area (Å²) in [5.74, 6) is -0.861. The molecule has 6 heteroatoms. The van der Waals surface area contributed by atoms with Crippen LogP contribution in [0.15, 0.2) is 97.2 Å². The number of esters is 3. The lowest BCUT2D eigenvalue weighted by atomic mass is 10.0. The second-order valence-electron chi connectivity index (χ2n) is 23.8. The molecule has 0 N–H and O–H groups in total. The summed E-state index contributed by atoms with van der Waals surface area (Å²) in [6.07, 6.45) is 95.9. The molecule has 0 saturated carbocycles. The molecular weight excluding hydrogens is 1020 g/mol. The Hall–Kier alpha value is -3.67. The van der Waals surface area contributed by atoms with Gasteiger partial charge in [-0.15, -0.1) is 0 Å². The van der Waals surface area contributed by atoms with Crippen LogP contribution < -0.4 is 0 Å². The number of hydrogen-bond donors (Lipinski definition) is 0. The highest BCUT2D eigenvalue weighted by atomic mass is 16.6. The molecule has 0 rings (SSSR count). The van der Waals surface area contributed by atoms with Crippen LogP contribution >= 0.6 is 0 Å². The maximum absolute atomic E-state index is 12.9. The van der Waals surface area contributed by atoms with Crippen LogP contribution in [0.2, 0.25) is 0 Å². The highest BCUT2D eigenvalue weighted by molar-refractivity contribution is 5.71. The van der Waals surface area contributed by atoms with Crippen molar-refractivity contribution in [1.82, 2.24) is 0 Å². The average Bonchev–Trinajstić information content (AvgIpc) is 3.48. The van der Waals surface area contributed by atoms with E-state index in [2.05, 4.69) is 118 Å². The molecule has 0 aliphatic heterocycles. The summed E-state index contributed by atoms with van der Waals surface area (Å²) in [6, 6.07) is 0. The van der Waals surface area contributed by atoms with Gasteiger partial charge in [-0.05, 0) is 103 Å². The Morgan fingerprint density at radius 1 is 0.253 bits per heavy atom. The molecule has 0 bridgehead atoms. The molecule has 0 aromatic heterocycles. The standard InChI is InChI=1S/C77H134O6/c1-4-7-10-13-16-19-22-24-26-28-30-31-32-33-34-35-36-37-38-39-40-41-42-43-44-45-47-48-50-52-55-58-61-64-67-70-76(79)82-73-74(72-81-75(78)69-66-63-60-57-54-21-18-15-12-9-6-3)83-77(80)71-68-65-62-59-56-53-51-49-46-29-27-25-23-20-17-14-11-8-5-2/h7,10,16-17,19-20,24-27,30-31,33-34,36-37,74H,4-6,8-9,11-15,18,21-23,28-29,32,35,38-73H2,1-3H3/b10-7-,19-16-,20-17-,26-24-,27-25-,31-30-,34-33-,37-36-. The van der Waals surface area contributed by atoms with Crippen LogP contribution in [0, 0.1) is 0 Å².